The van der Waals surface area contributed by atoms with Crippen molar-refractivity contribution in [1.29, 1.82) is 0 Å². The van der Waals surface area contributed by atoms with Crippen LogP contribution in [0.2, 0.25) is 0 Å². The molecule has 10 aromatic carbocycles. The van der Waals surface area contributed by atoms with E-state index >= 15 is 0 Å². The molecule has 322 valence electrons. The van der Waals surface area contributed by atoms with Crippen molar-refractivity contribution >= 4 is 65.7 Å². The molecule has 0 N–H and O–H groups in total. The van der Waals surface area contributed by atoms with Gasteiger partial charge in [-0.1, -0.05) is 176 Å². The first-order chi connectivity index (χ1) is 34.2. The highest BCUT2D eigenvalue weighted by Gasteiger charge is 2.22. The van der Waals surface area contributed by atoms with Crippen LogP contribution >= 0.6 is 0 Å². The Morgan fingerprint density at radius 3 is 1.57 bits per heavy atom. The minimum atomic E-state index is 0.539. The Morgan fingerprint density at radius 2 is 0.797 bits per heavy atom. The van der Waals surface area contributed by atoms with Crippen molar-refractivity contribution in [2.75, 3.05) is 0 Å². The monoisotopic (exact) mass is 882 g/mol. The molecule has 0 aliphatic carbocycles. The van der Waals surface area contributed by atoms with Gasteiger partial charge in [0.05, 0.1) is 22.3 Å². The van der Waals surface area contributed by atoms with Crippen molar-refractivity contribution in [3.8, 4) is 73.2 Å². The molecule has 0 spiro atoms. The highest BCUT2D eigenvalue weighted by molar-refractivity contribution is 6.14. The fourth-order valence-corrected chi connectivity index (χ4v) is 10.1. The van der Waals surface area contributed by atoms with Gasteiger partial charge in [0.1, 0.15) is 22.3 Å². The van der Waals surface area contributed by atoms with Crippen molar-refractivity contribution < 1.29 is 8.83 Å². The van der Waals surface area contributed by atoms with Gasteiger partial charge >= 0.3 is 0 Å². The average molecular weight is 883 g/mol. The topological polar surface area (TPSA) is 69.9 Å². The maximum atomic E-state index is 6.85. The van der Waals surface area contributed by atoms with E-state index in [4.69, 9.17) is 23.8 Å². The maximum Gasteiger partial charge on any atom is 0.167 e. The molecular weight excluding hydrogens is 845 g/mol. The van der Waals surface area contributed by atoms with Crippen LogP contribution in [0.4, 0.5) is 0 Å². The summed E-state index contributed by atoms with van der Waals surface area (Å²) in [4.78, 5) is 15.3. The summed E-state index contributed by atoms with van der Waals surface area (Å²) < 4.78 is 15.8. The summed E-state index contributed by atoms with van der Waals surface area (Å²) in [5.74, 6) is 1.72. The molecule has 0 fully saturated rings. The molecule has 4 aromatic heterocycles. The van der Waals surface area contributed by atoms with Crippen molar-refractivity contribution in [2.24, 2.45) is 0 Å². The molecule has 0 unspecified atom stereocenters. The first kappa shape index (κ1) is 38.8. The smallest absolute Gasteiger partial charge is 0.167 e. The lowest BCUT2D eigenvalue weighted by molar-refractivity contribution is 0.668. The third-order valence-electron chi connectivity index (χ3n) is 13.5. The molecule has 0 saturated heterocycles. The third-order valence-corrected chi connectivity index (χ3v) is 13.5. The van der Waals surface area contributed by atoms with Gasteiger partial charge < -0.3 is 13.4 Å². The lowest BCUT2D eigenvalue weighted by Crippen LogP contribution is -2.00. The van der Waals surface area contributed by atoms with E-state index in [0.29, 0.717) is 23.1 Å². The van der Waals surface area contributed by atoms with Gasteiger partial charge in [0, 0.05) is 55.1 Å². The molecule has 6 nitrogen and oxygen atoms in total. The van der Waals surface area contributed by atoms with Crippen LogP contribution in [-0.2, 0) is 0 Å². The van der Waals surface area contributed by atoms with Crippen LogP contribution in [0.5, 0.6) is 0 Å². The minimum Gasteiger partial charge on any atom is -0.456 e. The summed E-state index contributed by atoms with van der Waals surface area (Å²) in [6, 6.07) is 80.5. The molecule has 0 radical (unpaired) electrons. The Bertz CT molecular complexity index is 4290. The van der Waals surface area contributed by atoms with Gasteiger partial charge in [0.2, 0.25) is 0 Å². The number of aromatic nitrogens is 4. The highest BCUT2D eigenvalue weighted by Crippen LogP contribution is 2.44. The van der Waals surface area contributed by atoms with Gasteiger partial charge in [-0.05, 0) is 76.3 Å². The van der Waals surface area contributed by atoms with E-state index in [9.17, 15) is 0 Å². The second-order valence-electron chi connectivity index (χ2n) is 17.5. The van der Waals surface area contributed by atoms with Crippen LogP contribution in [0.1, 0.15) is 0 Å². The molecular formula is C63H38N4O2. The average Bonchev–Trinajstić information content (AvgIpc) is 4.10. The van der Waals surface area contributed by atoms with Gasteiger partial charge in [-0.3, -0.25) is 0 Å². The lowest BCUT2D eigenvalue weighted by atomic mass is 9.98. The second-order valence-corrected chi connectivity index (χ2v) is 17.5. The van der Waals surface area contributed by atoms with Crippen LogP contribution in [0.25, 0.3) is 139 Å². The van der Waals surface area contributed by atoms with E-state index in [1.807, 2.05) is 54.6 Å². The van der Waals surface area contributed by atoms with Crippen LogP contribution in [0, 0.1) is 0 Å². The van der Waals surface area contributed by atoms with Crippen molar-refractivity contribution in [1.82, 2.24) is 19.5 Å². The van der Waals surface area contributed by atoms with Gasteiger partial charge in [-0.15, -0.1) is 0 Å². The van der Waals surface area contributed by atoms with Crippen LogP contribution in [-0.4, -0.2) is 19.5 Å². The van der Waals surface area contributed by atoms with E-state index in [1.165, 1.54) is 21.9 Å². The molecule has 0 atom stereocenters. The molecule has 0 aliphatic rings. The van der Waals surface area contributed by atoms with Gasteiger partial charge in [-0.2, -0.15) is 0 Å². The number of hydrogen-bond acceptors (Lipinski definition) is 5. The Hall–Kier alpha value is -9.39. The summed E-state index contributed by atoms with van der Waals surface area (Å²) in [5.41, 5.74) is 15.8. The fraction of sp³-hybridized carbons (Fsp3) is 0. The highest BCUT2D eigenvalue weighted by atomic mass is 16.3. The Kier molecular flexibility index (Phi) is 8.79. The molecule has 14 aromatic rings. The zero-order chi connectivity index (χ0) is 45.4. The quantitative estimate of drug-likeness (QED) is 0.159. The minimum absolute atomic E-state index is 0.539. The Balaban J connectivity index is 0.953. The predicted octanol–water partition coefficient (Wildman–Crippen LogP) is 16.8. The largest absolute Gasteiger partial charge is 0.456 e. The lowest BCUT2D eigenvalue weighted by Gasteiger charge is -2.15. The maximum absolute atomic E-state index is 6.85. The summed E-state index contributed by atoms with van der Waals surface area (Å²) >= 11 is 0. The third kappa shape index (κ3) is 6.45. The Morgan fingerprint density at radius 1 is 0.275 bits per heavy atom. The van der Waals surface area contributed by atoms with Gasteiger partial charge in [0.15, 0.2) is 17.5 Å². The number of benzene rings is 10. The van der Waals surface area contributed by atoms with E-state index in [-0.39, 0.29) is 0 Å². The van der Waals surface area contributed by atoms with E-state index in [1.54, 1.807) is 0 Å². The first-order valence-corrected chi connectivity index (χ1v) is 23.2. The zero-order valence-corrected chi connectivity index (χ0v) is 37.0. The molecule has 0 bridgehead atoms. The number of furan rings is 2. The van der Waals surface area contributed by atoms with Crippen LogP contribution < -0.4 is 0 Å². The Labute approximate surface area is 396 Å². The normalized spacial score (nSPS) is 11.8. The predicted molar refractivity (Wildman–Crippen MR) is 281 cm³/mol. The van der Waals surface area contributed by atoms with Crippen molar-refractivity contribution in [2.45, 2.75) is 0 Å². The van der Waals surface area contributed by atoms with Gasteiger partial charge in [-0.25, -0.2) is 15.0 Å². The second kappa shape index (κ2) is 15.6. The summed E-state index contributed by atoms with van der Waals surface area (Å²) in [7, 11) is 0. The molecule has 6 heteroatoms. The van der Waals surface area contributed by atoms with E-state index in [0.717, 1.165) is 94.0 Å². The standard InChI is InChI=1S/C63H38N4O2/c1-4-15-39(16-5-1)41-27-29-43(30-28-41)62-64-61(42-19-8-3-9-20-42)65-63(66-62)49-24-14-23-48-52-36-45(32-34-58(52)69-60(48)49)50-37-53-47-22-11-13-26-57(47)68-59(53)38-56(50)67-54-25-12-10-21-46(54)51-35-44(31-33-55(51)67)40-17-6-2-7-18-40/h1-38H. The molecule has 0 amide bonds. The number of rotatable bonds is 7. The van der Waals surface area contributed by atoms with E-state index < -0.39 is 0 Å². The number of nitrogens with zero attached hydrogens (tertiary/aromatic N) is 4. The van der Waals surface area contributed by atoms with E-state index in [2.05, 4.69) is 180 Å². The van der Waals surface area contributed by atoms with Crippen LogP contribution in [0.3, 0.4) is 0 Å². The van der Waals surface area contributed by atoms with Gasteiger partial charge in [0.25, 0.3) is 0 Å². The summed E-state index contributed by atoms with van der Waals surface area (Å²) in [6.45, 7) is 0. The zero-order valence-electron chi connectivity index (χ0n) is 37.0. The molecule has 0 saturated carbocycles. The van der Waals surface area contributed by atoms with Crippen LogP contribution in [0.15, 0.2) is 239 Å². The molecule has 14 rings (SSSR count). The number of fused-ring (bicyclic) bond motifs is 9. The molecule has 4 heterocycles. The number of para-hydroxylation sites is 3. The van der Waals surface area contributed by atoms with Crippen molar-refractivity contribution in [3.05, 3.63) is 231 Å². The summed E-state index contributed by atoms with van der Waals surface area (Å²) in [6.07, 6.45) is 0. The number of hydrogen-bond donors (Lipinski definition) is 0. The van der Waals surface area contributed by atoms with Crippen molar-refractivity contribution in [3.63, 3.8) is 0 Å². The summed E-state index contributed by atoms with van der Waals surface area (Å²) in [5, 5.41) is 6.48. The molecule has 0 aliphatic heterocycles. The SMILES string of the molecule is c1ccc(-c2ccc(-c3nc(-c4ccccc4)nc(-c4cccc5c4oc4ccc(-c6cc7c(cc6-n6c8ccccc8c8cc(-c9ccccc9)ccc86)oc6ccccc67)cc45)n3)cc2)cc1. The first-order valence-electron chi connectivity index (χ1n) is 23.2. The molecule has 69 heavy (non-hydrogen) atoms. The fourth-order valence-electron chi connectivity index (χ4n) is 10.1.